The number of alkyl carbamates (subject to hydrolysis) is 1. The topological polar surface area (TPSA) is 169 Å². The maximum Gasteiger partial charge on any atom is 0.407 e. The summed E-state index contributed by atoms with van der Waals surface area (Å²) in [7, 11) is 0. The van der Waals surface area contributed by atoms with Crippen LogP contribution in [0.3, 0.4) is 0 Å². The molecule has 1 aromatic rings. The van der Waals surface area contributed by atoms with E-state index in [0.29, 0.717) is 39.4 Å². The Morgan fingerprint density at radius 2 is 1.71 bits per heavy atom. The Bertz CT molecular complexity index is 1160. The number of nitrogens with zero attached hydrogens (tertiary/aromatic N) is 1. The number of hydrogen-bond donors (Lipinski definition) is 3. The lowest BCUT2D eigenvalue weighted by molar-refractivity contribution is -0.136. The first kappa shape index (κ1) is 31.7. The largest absolute Gasteiger partial charge is 0.444 e. The summed E-state index contributed by atoms with van der Waals surface area (Å²) in [5.41, 5.74) is -0.175. The van der Waals surface area contributed by atoms with Gasteiger partial charge >= 0.3 is 6.09 Å². The Kier molecular flexibility index (Phi) is 11.4. The number of fused-ring (bicyclic) bond motifs is 1. The average molecular weight is 575 g/mol. The fourth-order valence-corrected chi connectivity index (χ4v) is 4.36. The van der Waals surface area contributed by atoms with Gasteiger partial charge in [0, 0.05) is 26.0 Å². The highest BCUT2D eigenvalue weighted by atomic mass is 16.6. The molecule has 0 saturated carbocycles. The van der Waals surface area contributed by atoms with E-state index in [1.807, 2.05) is 0 Å². The first-order chi connectivity index (χ1) is 19.5. The highest BCUT2D eigenvalue weighted by molar-refractivity contribution is 6.26. The molecule has 1 atom stereocenters. The van der Waals surface area contributed by atoms with Crippen LogP contribution in [-0.4, -0.2) is 85.1 Å². The molecular formula is C28H38N4O9. The number of rotatable bonds is 14. The number of ether oxygens (including phenoxy) is 3. The lowest BCUT2D eigenvalue weighted by atomic mass is 10.0. The highest BCUT2D eigenvalue weighted by Gasteiger charge is 2.45. The molecule has 41 heavy (non-hydrogen) atoms. The van der Waals surface area contributed by atoms with Crippen LogP contribution in [0.5, 0.6) is 0 Å². The molecule has 1 unspecified atom stereocenters. The summed E-state index contributed by atoms with van der Waals surface area (Å²) in [6.45, 7) is 7.37. The normalized spacial score (nSPS) is 16.9. The molecule has 3 N–H and O–H groups in total. The van der Waals surface area contributed by atoms with Gasteiger partial charge in [-0.05, 0) is 52.2 Å². The predicted molar refractivity (Wildman–Crippen MR) is 146 cm³/mol. The molecule has 224 valence electrons. The lowest BCUT2D eigenvalue weighted by Crippen LogP contribution is -2.54. The average Bonchev–Trinajstić information content (AvgIpc) is 3.14. The smallest absolute Gasteiger partial charge is 0.407 e. The third-order valence-corrected chi connectivity index (χ3v) is 6.22. The third-order valence-electron chi connectivity index (χ3n) is 6.22. The van der Waals surface area contributed by atoms with Gasteiger partial charge in [0.15, 0.2) is 0 Å². The van der Waals surface area contributed by atoms with Crippen molar-refractivity contribution in [3.63, 3.8) is 0 Å². The van der Waals surface area contributed by atoms with Crippen molar-refractivity contribution in [3.8, 4) is 0 Å². The van der Waals surface area contributed by atoms with Crippen molar-refractivity contribution in [1.29, 1.82) is 0 Å². The van der Waals surface area contributed by atoms with Crippen LogP contribution in [0.4, 0.5) is 10.5 Å². The van der Waals surface area contributed by atoms with Crippen LogP contribution in [0.2, 0.25) is 0 Å². The number of nitrogens with one attached hydrogen (secondary N) is 3. The van der Waals surface area contributed by atoms with Gasteiger partial charge in [0.2, 0.25) is 17.7 Å². The zero-order valence-corrected chi connectivity index (χ0v) is 23.7. The summed E-state index contributed by atoms with van der Waals surface area (Å²) in [6, 6.07) is 3.51. The molecule has 6 amide bonds. The zero-order chi connectivity index (χ0) is 30.0. The van der Waals surface area contributed by atoms with Gasteiger partial charge in [-0.25, -0.2) is 4.79 Å². The minimum atomic E-state index is -1.07. The first-order valence-corrected chi connectivity index (χ1v) is 13.7. The Labute approximate surface area is 238 Å². The number of amides is 6. The second-order valence-electron chi connectivity index (χ2n) is 10.7. The molecule has 0 bridgehead atoms. The van der Waals surface area contributed by atoms with Gasteiger partial charge in [-0.1, -0.05) is 12.5 Å². The zero-order valence-electron chi connectivity index (χ0n) is 23.7. The number of anilines is 1. The third kappa shape index (κ3) is 9.35. The summed E-state index contributed by atoms with van der Waals surface area (Å²) in [6.07, 6.45) is 1.93. The summed E-state index contributed by atoms with van der Waals surface area (Å²) >= 11 is 0. The fourth-order valence-electron chi connectivity index (χ4n) is 4.36. The fraction of sp³-hybridized carbons (Fsp3) is 0.571. The monoisotopic (exact) mass is 574 g/mol. The van der Waals surface area contributed by atoms with E-state index in [2.05, 4.69) is 16.0 Å². The SMILES string of the molecule is CC(C)(C)OC(=O)NCCOCCOCCCCCC(=O)Nc1cccc2c1C(=O)N(C1CCC(=O)NC1=O)C2=O. The summed E-state index contributed by atoms with van der Waals surface area (Å²) in [5.74, 6) is -2.73. The van der Waals surface area contributed by atoms with Crippen LogP contribution in [0, 0.1) is 0 Å². The number of piperidine rings is 1. The molecule has 0 spiro atoms. The van der Waals surface area contributed by atoms with Crippen molar-refractivity contribution in [1.82, 2.24) is 15.5 Å². The van der Waals surface area contributed by atoms with E-state index in [4.69, 9.17) is 14.2 Å². The van der Waals surface area contributed by atoms with Gasteiger partial charge in [0.25, 0.3) is 11.8 Å². The van der Waals surface area contributed by atoms with Gasteiger partial charge in [-0.2, -0.15) is 0 Å². The molecule has 2 heterocycles. The van der Waals surface area contributed by atoms with E-state index in [0.717, 1.165) is 17.7 Å². The molecule has 13 heteroatoms. The van der Waals surface area contributed by atoms with E-state index in [1.165, 1.54) is 6.07 Å². The van der Waals surface area contributed by atoms with E-state index in [-0.39, 0.29) is 42.0 Å². The minimum Gasteiger partial charge on any atom is -0.444 e. The molecule has 3 rings (SSSR count). The van der Waals surface area contributed by atoms with Crippen molar-refractivity contribution in [2.75, 3.05) is 38.3 Å². The van der Waals surface area contributed by atoms with Crippen LogP contribution in [0.25, 0.3) is 0 Å². The number of hydrogen-bond acceptors (Lipinski definition) is 9. The second-order valence-corrected chi connectivity index (χ2v) is 10.7. The van der Waals surface area contributed by atoms with E-state index >= 15 is 0 Å². The number of carbonyl (C=O) groups is 6. The molecule has 13 nitrogen and oxygen atoms in total. The Morgan fingerprint density at radius 1 is 0.976 bits per heavy atom. The molecule has 0 aromatic heterocycles. The summed E-state index contributed by atoms with van der Waals surface area (Å²) < 4.78 is 16.0. The van der Waals surface area contributed by atoms with Crippen molar-refractivity contribution in [2.24, 2.45) is 0 Å². The van der Waals surface area contributed by atoms with E-state index < -0.39 is 41.4 Å². The van der Waals surface area contributed by atoms with E-state index in [9.17, 15) is 28.8 Å². The second kappa shape index (κ2) is 14.7. The number of benzene rings is 1. The van der Waals surface area contributed by atoms with Crippen molar-refractivity contribution < 1.29 is 43.0 Å². The van der Waals surface area contributed by atoms with Crippen molar-refractivity contribution >= 4 is 41.3 Å². The van der Waals surface area contributed by atoms with Gasteiger partial charge < -0.3 is 24.8 Å². The van der Waals surface area contributed by atoms with E-state index in [1.54, 1.807) is 32.9 Å². The predicted octanol–water partition coefficient (Wildman–Crippen LogP) is 2.14. The summed E-state index contributed by atoms with van der Waals surface area (Å²) in [4.78, 5) is 74.7. The van der Waals surface area contributed by atoms with Crippen LogP contribution < -0.4 is 16.0 Å². The molecule has 0 radical (unpaired) electrons. The van der Waals surface area contributed by atoms with Crippen LogP contribution in [-0.2, 0) is 28.6 Å². The number of imide groups is 2. The molecule has 0 aliphatic carbocycles. The maximum atomic E-state index is 13.1. The minimum absolute atomic E-state index is 0.0291. The Hall–Kier alpha value is -3.84. The maximum absolute atomic E-state index is 13.1. The molecule has 1 fully saturated rings. The number of unbranched alkanes of at least 4 members (excludes halogenated alkanes) is 2. The Balaban J connectivity index is 1.30. The molecule has 2 aliphatic heterocycles. The lowest BCUT2D eigenvalue weighted by Gasteiger charge is -2.27. The quantitative estimate of drug-likeness (QED) is 0.223. The van der Waals surface area contributed by atoms with Gasteiger partial charge in [0.1, 0.15) is 11.6 Å². The molecular weight excluding hydrogens is 536 g/mol. The standard InChI is InChI=1S/C28H38N4O9/c1-28(2,3)41-27(38)29-13-15-40-17-16-39-14-6-4-5-10-21(33)30-19-9-7-8-18-23(19)26(37)32(25(18)36)20-11-12-22(34)31-24(20)35/h7-9,20H,4-6,10-17H2,1-3H3,(H,29,38)(H,30,33)(H,31,34,35). The van der Waals surface area contributed by atoms with Crippen molar-refractivity contribution in [2.45, 2.75) is 70.9 Å². The summed E-state index contributed by atoms with van der Waals surface area (Å²) in [5, 5.41) is 7.48. The van der Waals surface area contributed by atoms with Crippen molar-refractivity contribution in [3.05, 3.63) is 29.3 Å². The van der Waals surface area contributed by atoms with Crippen LogP contribution in [0.1, 0.15) is 80.0 Å². The highest BCUT2D eigenvalue weighted by Crippen LogP contribution is 2.32. The molecule has 2 aliphatic rings. The molecule has 1 saturated heterocycles. The first-order valence-electron chi connectivity index (χ1n) is 13.7. The number of carbonyl (C=O) groups excluding carboxylic acids is 6. The van der Waals surface area contributed by atoms with Gasteiger partial charge in [-0.3, -0.25) is 34.2 Å². The molecule has 1 aromatic carbocycles. The van der Waals surface area contributed by atoms with Crippen LogP contribution >= 0.6 is 0 Å². The Morgan fingerprint density at radius 3 is 2.41 bits per heavy atom. The van der Waals surface area contributed by atoms with Gasteiger partial charge in [-0.15, -0.1) is 0 Å². The van der Waals surface area contributed by atoms with Crippen LogP contribution in [0.15, 0.2) is 18.2 Å². The van der Waals surface area contributed by atoms with Gasteiger partial charge in [0.05, 0.1) is 36.6 Å².